The molecule has 0 saturated carbocycles. The summed E-state index contributed by atoms with van der Waals surface area (Å²) in [6.07, 6.45) is 4.81. The summed E-state index contributed by atoms with van der Waals surface area (Å²) in [5.74, 6) is 2.71. The van der Waals surface area contributed by atoms with Gasteiger partial charge in [0.15, 0.2) is 5.96 Å². The van der Waals surface area contributed by atoms with Crippen LogP contribution in [0.2, 0.25) is 0 Å². The number of aromatic nitrogens is 1. The summed E-state index contributed by atoms with van der Waals surface area (Å²) in [5.41, 5.74) is -0.0462. The highest BCUT2D eigenvalue weighted by Crippen LogP contribution is 2.22. The minimum atomic E-state index is -0.0462. The van der Waals surface area contributed by atoms with E-state index in [0.717, 1.165) is 44.1 Å². The molecule has 0 amide bonds. The third kappa shape index (κ3) is 7.34. The van der Waals surface area contributed by atoms with Crippen LogP contribution in [-0.2, 0) is 12.0 Å². The molecular formula is C18H34N4O2. The van der Waals surface area contributed by atoms with Crippen LogP contribution in [0.5, 0.6) is 0 Å². The van der Waals surface area contributed by atoms with E-state index in [-0.39, 0.29) is 12.0 Å². The monoisotopic (exact) mass is 338 g/mol. The number of nitrogens with zero attached hydrogens (tertiary/aromatic N) is 2. The Morgan fingerprint density at radius 2 is 2.04 bits per heavy atom. The fraction of sp³-hybridized carbons (Fsp3) is 0.778. The van der Waals surface area contributed by atoms with E-state index in [2.05, 4.69) is 48.3 Å². The SMILES string of the molecule is CCCC(CCO)CNC(=NCc1ncc(C(C)(C)C)o1)NCC. The van der Waals surface area contributed by atoms with Crippen LogP contribution in [0.1, 0.15) is 65.5 Å². The fourth-order valence-corrected chi connectivity index (χ4v) is 2.40. The first-order chi connectivity index (χ1) is 11.4. The summed E-state index contributed by atoms with van der Waals surface area (Å²) in [7, 11) is 0. The normalized spacial score (nSPS) is 13.8. The van der Waals surface area contributed by atoms with Crippen LogP contribution in [0.3, 0.4) is 0 Å². The van der Waals surface area contributed by atoms with E-state index < -0.39 is 0 Å². The number of hydrogen-bond donors (Lipinski definition) is 3. The Kier molecular flexibility index (Phi) is 8.82. The molecule has 0 spiro atoms. The molecule has 0 aliphatic rings. The summed E-state index contributed by atoms with van der Waals surface area (Å²) < 4.78 is 5.77. The predicted molar refractivity (Wildman–Crippen MR) is 98.1 cm³/mol. The Morgan fingerprint density at radius 3 is 2.58 bits per heavy atom. The summed E-state index contributed by atoms with van der Waals surface area (Å²) in [6.45, 7) is 12.7. The zero-order valence-electron chi connectivity index (χ0n) is 15.9. The largest absolute Gasteiger partial charge is 0.443 e. The molecule has 6 heteroatoms. The number of guanidine groups is 1. The van der Waals surface area contributed by atoms with Crippen molar-refractivity contribution < 1.29 is 9.52 Å². The molecule has 1 atom stereocenters. The van der Waals surface area contributed by atoms with Crippen LogP contribution in [0.25, 0.3) is 0 Å². The van der Waals surface area contributed by atoms with Gasteiger partial charge in [0.25, 0.3) is 0 Å². The number of aliphatic hydroxyl groups is 1. The van der Waals surface area contributed by atoms with Gasteiger partial charge in [0, 0.05) is 25.1 Å². The second kappa shape index (κ2) is 10.3. The molecule has 0 radical (unpaired) electrons. The van der Waals surface area contributed by atoms with E-state index in [0.29, 0.717) is 18.4 Å². The molecule has 0 aromatic carbocycles. The minimum absolute atomic E-state index is 0.0462. The maximum atomic E-state index is 9.16. The molecule has 1 aromatic rings. The Hall–Kier alpha value is -1.56. The summed E-state index contributed by atoms with van der Waals surface area (Å²) in [5, 5.41) is 15.8. The third-order valence-electron chi connectivity index (χ3n) is 3.80. The topological polar surface area (TPSA) is 82.7 Å². The van der Waals surface area contributed by atoms with Crippen LogP contribution in [0.4, 0.5) is 0 Å². The summed E-state index contributed by atoms with van der Waals surface area (Å²) in [6, 6.07) is 0. The summed E-state index contributed by atoms with van der Waals surface area (Å²) in [4.78, 5) is 8.85. The molecule has 1 rings (SSSR count). The summed E-state index contributed by atoms with van der Waals surface area (Å²) >= 11 is 0. The van der Waals surface area contributed by atoms with Crippen molar-refractivity contribution in [3.8, 4) is 0 Å². The first-order valence-electron chi connectivity index (χ1n) is 8.98. The predicted octanol–water partition coefficient (Wildman–Crippen LogP) is 2.83. The number of oxazole rings is 1. The van der Waals surface area contributed by atoms with Gasteiger partial charge in [-0.15, -0.1) is 0 Å². The van der Waals surface area contributed by atoms with Crippen LogP contribution >= 0.6 is 0 Å². The lowest BCUT2D eigenvalue weighted by Gasteiger charge is -2.18. The molecule has 0 aliphatic heterocycles. The van der Waals surface area contributed by atoms with Gasteiger partial charge >= 0.3 is 0 Å². The van der Waals surface area contributed by atoms with Crippen molar-refractivity contribution in [2.24, 2.45) is 10.9 Å². The molecule has 1 unspecified atom stereocenters. The first-order valence-corrected chi connectivity index (χ1v) is 8.98. The van der Waals surface area contributed by atoms with Crippen LogP contribution < -0.4 is 10.6 Å². The van der Waals surface area contributed by atoms with E-state index >= 15 is 0 Å². The Balaban J connectivity index is 2.63. The molecular weight excluding hydrogens is 304 g/mol. The van der Waals surface area contributed by atoms with Crippen molar-refractivity contribution in [3.05, 3.63) is 17.8 Å². The molecule has 0 saturated heterocycles. The molecule has 3 N–H and O–H groups in total. The zero-order chi connectivity index (χ0) is 18.0. The lowest BCUT2D eigenvalue weighted by molar-refractivity contribution is 0.251. The van der Waals surface area contributed by atoms with Gasteiger partial charge < -0.3 is 20.2 Å². The highest BCUT2D eigenvalue weighted by molar-refractivity contribution is 5.79. The van der Waals surface area contributed by atoms with Crippen LogP contribution in [-0.4, -0.2) is 35.7 Å². The molecule has 1 heterocycles. The number of rotatable bonds is 9. The fourth-order valence-electron chi connectivity index (χ4n) is 2.40. The zero-order valence-corrected chi connectivity index (χ0v) is 15.9. The Morgan fingerprint density at radius 1 is 1.29 bits per heavy atom. The third-order valence-corrected chi connectivity index (χ3v) is 3.80. The second-order valence-corrected chi connectivity index (χ2v) is 7.11. The lowest BCUT2D eigenvalue weighted by atomic mass is 9.94. The quantitative estimate of drug-likeness (QED) is 0.476. The molecule has 24 heavy (non-hydrogen) atoms. The van der Waals surface area contributed by atoms with Gasteiger partial charge in [0.1, 0.15) is 12.3 Å². The van der Waals surface area contributed by atoms with E-state index in [1.165, 1.54) is 0 Å². The van der Waals surface area contributed by atoms with Crippen LogP contribution in [0, 0.1) is 5.92 Å². The molecule has 138 valence electrons. The van der Waals surface area contributed by atoms with Crippen molar-refractivity contribution in [1.82, 2.24) is 15.6 Å². The van der Waals surface area contributed by atoms with Gasteiger partial charge in [-0.3, -0.25) is 0 Å². The van der Waals surface area contributed by atoms with Gasteiger partial charge in [0.05, 0.1) is 6.20 Å². The van der Waals surface area contributed by atoms with E-state index in [1.54, 1.807) is 6.20 Å². The van der Waals surface area contributed by atoms with Gasteiger partial charge in [-0.25, -0.2) is 9.98 Å². The van der Waals surface area contributed by atoms with E-state index in [1.807, 2.05) is 6.92 Å². The number of nitrogens with one attached hydrogen (secondary N) is 2. The number of aliphatic imine (C=N–C) groups is 1. The number of hydrogen-bond acceptors (Lipinski definition) is 4. The molecule has 0 aliphatic carbocycles. The Bertz CT molecular complexity index is 485. The average molecular weight is 338 g/mol. The highest BCUT2D eigenvalue weighted by atomic mass is 16.4. The van der Waals surface area contributed by atoms with Gasteiger partial charge in [-0.1, -0.05) is 34.1 Å². The maximum Gasteiger partial charge on any atom is 0.216 e. The van der Waals surface area contributed by atoms with E-state index in [4.69, 9.17) is 9.52 Å². The van der Waals surface area contributed by atoms with Crippen LogP contribution in [0.15, 0.2) is 15.6 Å². The number of aliphatic hydroxyl groups excluding tert-OH is 1. The van der Waals surface area contributed by atoms with Crippen molar-refractivity contribution in [3.63, 3.8) is 0 Å². The molecule has 1 aromatic heterocycles. The standard InChI is InChI=1S/C18H34N4O2/c1-6-8-14(9-10-23)11-21-17(19-7-2)22-13-16-20-12-15(24-16)18(3,4)5/h12,14,23H,6-11,13H2,1-5H3,(H2,19,21,22). The van der Waals surface area contributed by atoms with E-state index in [9.17, 15) is 0 Å². The van der Waals surface area contributed by atoms with Gasteiger partial charge in [-0.2, -0.15) is 0 Å². The van der Waals surface area contributed by atoms with Crippen molar-refractivity contribution in [2.45, 2.75) is 65.8 Å². The average Bonchev–Trinajstić information content (AvgIpc) is 2.99. The highest BCUT2D eigenvalue weighted by Gasteiger charge is 2.19. The molecule has 0 bridgehead atoms. The Labute approximate surface area is 146 Å². The van der Waals surface area contributed by atoms with Gasteiger partial charge in [-0.05, 0) is 25.7 Å². The minimum Gasteiger partial charge on any atom is -0.443 e. The smallest absolute Gasteiger partial charge is 0.216 e. The maximum absolute atomic E-state index is 9.16. The molecule has 0 fully saturated rings. The molecule has 6 nitrogen and oxygen atoms in total. The van der Waals surface area contributed by atoms with Crippen molar-refractivity contribution >= 4 is 5.96 Å². The first kappa shape index (κ1) is 20.5. The second-order valence-electron chi connectivity index (χ2n) is 7.11. The van der Waals surface area contributed by atoms with Gasteiger partial charge in [0.2, 0.25) is 5.89 Å². The lowest BCUT2D eigenvalue weighted by Crippen LogP contribution is -2.40. The van der Waals surface area contributed by atoms with Crippen molar-refractivity contribution in [1.29, 1.82) is 0 Å². The van der Waals surface area contributed by atoms with Crippen molar-refractivity contribution in [2.75, 3.05) is 19.7 Å².